The Morgan fingerprint density at radius 1 is 1.06 bits per heavy atom. The predicted molar refractivity (Wildman–Crippen MR) is 126 cm³/mol. The molecule has 2 aromatic carbocycles. The molecule has 0 saturated carbocycles. The van der Waals surface area contributed by atoms with Gasteiger partial charge in [0.15, 0.2) is 14.6 Å². The van der Waals surface area contributed by atoms with Crippen molar-refractivity contribution in [3.8, 4) is 5.75 Å². The first-order valence-electron chi connectivity index (χ1n) is 10.6. The molecule has 0 atom stereocenters. The van der Waals surface area contributed by atoms with Crippen molar-refractivity contribution in [3.05, 3.63) is 53.3 Å². The predicted octanol–water partition coefficient (Wildman–Crippen LogP) is 3.35. The van der Waals surface area contributed by atoms with Crippen molar-refractivity contribution >= 4 is 43.3 Å². The van der Waals surface area contributed by atoms with E-state index in [4.69, 9.17) is 9.47 Å². The van der Waals surface area contributed by atoms with Crippen LogP contribution in [0, 0.1) is 0 Å². The van der Waals surface area contributed by atoms with Crippen LogP contribution in [0.25, 0.3) is 10.2 Å². The molecule has 0 aliphatic heterocycles. The number of amides is 1. The standard InChI is InChI=1S/C23H26N2O6S2/c1-3-30-17-12-13-19-20(15-17)32-23(25(19)16-22(27)31-4-2)24-21(26)11-8-14-33(28,29)18-9-6-5-7-10-18/h5-7,9-10,12-13,15H,3-4,8,11,14,16H2,1-2H3. The maximum atomic E-state index is 12.5. The molecular weight excluding hydrogens is 464 g/mol. The monoisotopic (exact) mass is 490 g/mol. The van der Waals surface area contributed by atoms with Gasteiger partial charge in [-0.1, -0.05) is 29.5 Å². The lowest BCUT2D eigenvalue weighted by molar-refractivity contribution is -0.143. The molecular formula is C23H26N2O6S2. The molecule has 1 amide bonds. The highest BCUT2D eigenvalue weighted by Crippen LogP contribution is 2.23. The van der Waals surface area contributed by atoms with E-state index in [1.807, 2.05) is 19.1 Å². The van der Waals surface area contributed by atoms with Crippen LogP contribution in [0.2, 0.25) is 0 Å². The molecule has 33 heavy (non-hydrogen) atoms. The van der Waals surface area contributed by atoms with Crippen LogP contribution < -0.4 is 9.54 Å². The van der Waals surface area contributed by atoms with Crippen LogP contribution in [0.15, 0.2) is 58.4 Å². The number of hydrogen-bond donors (Lipinski definition) is 0. The van der Waals surface area contributed by atoms with Crippen molar-refractivity contribution in [1.29, 1.82) is 0 Å². The highest BCUT2D eigenvalue weighted by atomic mass is 32.2. The van der Waals surface area contributed by atoms with Gasteiger partial charge in [0.2, 0.25) is 5.91 Å². The number of carbonyl (C=O) groups is 2. The third-order valence-corrected chi connectivity index (χ3v) is 7.54. The fourth-order valence-electron chi connectivity index (χ4n) is 3.21. The number of sulfone groups is 1. The van der Waals surface area contributed by atoms with Gasteiger partial charge in [-0.05, 0) is 50.6 Å². The Balaban J connectivity index is 1.81. The van der Waals surface area contributed by atoms with E-state index in [0.717, 1.165) is 10.2 Å². The van der Waals surface area contributed by atoms with E-state index >= 15 is 0 Å². The molecule has 0 aliphatic rings. The zero-order chi connectivity index (χ0) is 23.8. The Bertz CT molecular complexity index is 1290. The largest absolute Gasteiger partial charge is 0.494 e. The molecule has 0 spiro atoms. The molecule has 0 saturated heterocycles. The highest BCUT2D eigenvalue weighted by Gasteiger charge is 2.16. The molecule has 0 fully saturated rings. The minimum absolute atomic E-state index is 0.0239. The number of esters is 1. The van der Waals surface area contributed by atoms with Crippen molar-refractivity contribution in [1.82, 2.24) is 4.57 Å². The fraction of sp³-hybridized carbons (Fsp3) is 0.348. The molecule has 0 radical (unpaired) electrons. The number of ether oxygens (including phenoxy) is 2. The van der Waals surface area contributed by atoms with E-state index in [0.29, 0.717) is 17.2 Å². The number of fused-ring (bicyclic) bond motifs is 1. The minimum Gasteiger partial charge on any atom is -0.494 e. The molecule has 0 aliphatic carbocycles. The van der Waals surface area contributed by atoms with Gasteiger partial charge < -0.3 is 14.0 Å². The van der Waals surface area contributed by atoms with Crippen LogP contribution in [0.4, 0.5) is 0 Å². The zero-order valence-corrected chi connectivity index (χ0v) is 20.2. The van der Waals surface area contributed by atoms with E-state index in [1.165, 1.54) is 23.5 Å². The summed E-state index contributed by atoms with van der Waals surface area (Å²) in [5, 5.41) is 0. The fourth-order valence-corrected chi connectivity index (χ4v) is 5.61. The van der Waals surface area contributed by atoms with E-state index in [9.17, 15) is 18.0 Å². The van der Waals surface area contributed by atoms with Crippen LogP contribution in [0.1, 0.15) is 26.7 Å². The van der Waals surface area contributed by atoms with Gasteiger partial charge in [-0.3, -0.25) is 9.59 Å². The van der Waals surface area contributed by atoms with Gasteiger partial charge in [-0.25, -0.2) is 8.42 Å². The SMILES string of the molecule is CCOC(=O)Cn1c(=NC(=O)CCCS(=O)(=O)c2ccccc2)sc2cc(OCC)ccc21. The molecule has 3 rings (SSSR count). The van der Waals surface area contributed by atoms with Crippen LogP contribution >= 0.6 is 11.3 Å². The van der Waals surface area contributed by atoms with Crippen LogP contribution in [-0.4, -0.2) is 43.8 Å². The van der Waals surface area contributed by atoms with Crippen LogP contribution in [-0.2, 0) is 30.7 Å². The molecule has 1 heterocycles. The van der Waals surface area contributed by atoms with Gasteiger partial charge in [0.05, 0.1) is 34.1 Å². The lowest BCUT2D eigenvalue weighted by atomic mass is 10.3. The maximum absolute atomic E-state index is 12.5. The average Bonchev–Trinajstić information content (AvgIpc) is 3.10. The minimum atomic E-state index is -3.46. The second-order valence-corrected chi connectivity index (χ2v) is 10.2. The third kappa shape index (κ3) is 6.52. The van der Waals surface area contributed by atoms with E-state index < -0.39 is 21.7 Å². The molecule has 3 aromatic rings. The smallest absolute Gasteiger partial charge is 0.326 e. The summed E-state index contributed by atoms with van der Waals surface area (Å²) in [6.45, 7) is 4.28. The summed E-state index contributed by atoms with van der Waals surface area (Å²) in [6.07, 6.45) is 0.126. The summed E-state index contributed by atoms with van der Waals surface area (Å²) in [6, 6.07) is 13.6. The summed E-state index contributed by atoms with van der Waals surface area (Å²) < 4.78 is 37.8. The van der Waals surface area contributed by atoms with Gasteiger partial charge in [0.25, 0.3) is 0 Å². The quantitative estimate of drug-likeness (QED) is 0.404. The summed E-state index contributed by atoms with van der Waals surface area (Å²) in [4.78, 5) is 29.4. The summed E-state index contributed by atoms with van der Waals surface area (Å²) in [5.41, 5.74) is 0.731. The topological polar surface area (TPSA) is 104 Å². The van der Waals surface area contributed by atoms with Gasteiger partial charge in [0, 0.05) is 6.42 Å². The third-order valence-electron chi connectivity index (χ3n) is 4.68. The normalized spacial score (nSPS) is 12.1. The Hall–Kier alpha value is -2.98. The van der Waals surface area contributed by atoms with Crippen molar-refractivity contribution in [2.75, 3.05) is 19.0 Å². The Morgan fingerprint density at radius 2 is 1.82 bits per heavy atom. The number of thiazole rings is 1. The molecule has 1 aromatic heterocycles. The second kappa shape index (κ2) is 11.2. The van der Waals surface area contributed by atoms with E-state index in [-0.39, 0.29) is 36.6 Å². The zero-order valence-electron chi connectivity index (χ0n) is 18.5. The van der Waals surface area contributed by atoms with E-state index in [2.05, 4.69) is 4.99 Å². The van der Waals surface area contributed by atoms with Gasteiger partial charge in [-0.2, -0.15) is 4.99 Å². The number of benzene rings is 2. The summed E-state index contributed by atoms with van der Waals surface area (Å²) >= 11 is 1.26. The lowest BCUT2D eigenvalue weighted by Crippen LogP contribution is -2.23. The number of carbonyl (C=O) groups excluding carboxylic acids is 2. The number of nitrogens with zero attached hydrogens (tertiary/aromatic N) is 2. The van der Waals surface area contributed by atoms with Crippen LogP contribution in [0.3, 0.4) is 0 Å². The maximum Gasteiger partial charge on any atom is 0.326 e. The van der Waals surface area contributed by atoms with E-state index in [1.54, 1.807) is 35.8 Å². The van der Waals surface area contributed by atoms with Crippen molar-refractivity contribution in [2.45, 2.75) is 38.1 Å². The Kier molecular flexibility index (Phi) is 8.40. The first kappa shape index (κ1) is 24.7. The molecule has 10 heteroatoms. The Morgan fingerprint density at radius 3 is 2.52 bits per heavy atom. The Labute approximate surface area is 196 Å². The number of rotatable bonds is 10. The molecule has 0 N–H and O–H groups in total. The number of hydrogen-bond acceptors (Lipinski definition) is 7. The van der Waals surface area contributed by atoms with Crippen molar-refractivity contribution in [2.24, 2.45) is 4.99 Å². The number of aromatic nitrogens is 1. The lowest BCUT2D eigenvalue weighted by Gasteiger charge is -2.06. The molecule has 0 bridgehead atoms. The van der Waals surface area contributed by atoms with Crippen molar-refractivity contribution < 1.29 is 27.5 Å². The van der Waals surface area contributed by atoms with Gasteiger partial charge >= 0.3 is 5.97 Å². The van der Waals surface area contributed by atoms with Gasteiger partial charge in [-0.15, -0.1) is 0 Å². The summed E-state index contributed by atoms with van der Waals surface area (Å²) in [7, 11) is -3.46. The van der Waals surface area contributed by atoms with Gasteiger partial charge in [0.1, 0.15) is 12.3 Å². The molecule has 8 nitrogen and oxygen atoms in total. The average molecular weight is 491 g/mol. The first-order chi connectivity index (χ1) is 15.8. The second-order valence-electron chi connectivity index (χ2n) is 7.08. The first-order valence-corrected chi connectivity index (χ1v) is 13.1. The summed E-state index contributed by atoms with van der Waals surface area (Å²) in [5.74, 6) is -0.356. The van der Waals surface area contributed by atoms with Crippen LogP contribution in [0.5, 0.6) is 5.75 Å². The molecule has 0 unspecified atom stereocenters. The highest BCUT2D eigenvalue weighted by molar-refractivity contribution is 7.91. The van der Waals surface area contributed by atoms with Crippen molar-refractivity contribution in [3.63, 3.8) is 0 Å². The molecule has 176 valence electrons.